The average molecular weight is 274 g/mol. The van der Waals surface area contributed by atoms with Gasteiger partial charge in [-0.15, -0.1) is 0 Å². The number of carbonyl (C=O) groups excluding carboxylic acids is 1. The van der Waals surface area contributed by atoms with Gasteiger partial charge in [-0.2, -0.15) is 13.2 Å². The van der Waals surface area contributed by atoms with Crippen molar-refractivity contribution in [2.24, 2.45) is 0 Å². The predicted molar refractivity (Wildman–Crippen MR) is 63.8 cm³/mol. The summed E-state index contributed by atoms with van der Waals surface area (Å²) in [6, 6.07) is 7.38. The minimum Gasteiger partial charge on any atom is -0.398 e. The second kappa shape index (κ2) is 4.17. The lowest BCUT2D eigenvalue weighted by Gasteiger charge is -2.11. The van der Waals surface area contributed by atoms with Crippen LogP contribution < -0.4 is 5.73 Å². The molecule has 0 aromatic heterocycles. The van der Waals surface area contributed by atoms with Crippen molar-refractivity contribution in [2.75, 3.05) is 5.73 Å². The van der Waals surface area contributed by atoms with Gasteiger partial charge in [-0.25, -0.2) is 0 Å². The van der Waals surface area contributed by atoms with Gasteiger partial charge in [0.15, 0.2) is 0 Å². The molecule has 2 N–H and O–H groups in total. The molecule has 0 bridgehead atoms. The Balaban J connectivity index is 2.75. The largest absolute Gasteiger partial charge is 0.454 e. The summed E-state index contributed by atoms with van der Waals surface area (Å²) < 4.78 is 37.2. The molecule has 0 fully saturated rings. The molecule has 0 heterocycles. The molecule has 0 saturated carbocycles. The fraction of sp³-hybridized carbons (Fsp3) is 0.0833. The molecule has 6 heteroatoms. The Hall–Kier alpha value is -1.75. The van der Waals surface area contributed by atoms with Crippen LogP contribution in [0.25, 0.3) is 10.8 Å². The number of ketones is 1. The van der Waals surface area contributed by atoms with Gasteiger partial charge in [0.2, 0.25) is 0 Å². The Morgan fingerprint density at radius 3 is 2.28 bits per heavy atom. The van der Waals surface area contributed by atoms with Crippen molar-refractivity contribution in [1.29, 1.82) is 0 Å². The van der Waals surface area contributed by atoms with Crippen LogP contribution in [-0.2, 0) is 0 Å². The highest BCUT2D eigenvalue weighted by Crippen LogP contribution is 2.34. The van der Waals surface area contributed by atoms with Gasteiger partial charge in [-0.3, -0.25) is 4.79 Å². The summed E-state index contributed by atoms with van der Waals surface area (Å²) in [6.45, 7) is 0. The zero-order chi connectivity index (χ0) is 13.5. The fourth-order valence-corrected chi connectivity index (χ4v) is 1.97. The Morgan fingerprint density at radius 1 is 1.17 bits per heavy atom. The third-order valence-electron chi connectivity index (χ3n) is 2.54. The molecule has 2 rings (SSSR count). The number of hydrogen-bond donors (Lipinski definition) is 1. The number of rotatable bonds is 1. The number of alkyl halides is 3. The topological polar surface area (TPSA) is 43.1 Å². The van der Waals surface area contributed by atoms with E-state index in [1.165, 1.54) is 6.07 Å². The lowest BCUT2D eigenvalue weighted by molar-refractivity contribution is -0.0884. The summed E-state index contributed by atoms with van der Waals surface area (Å²) in [6.07, 6.45) is -4.97. The minimum absolute atomic E-state index is 0.0624. The molecule has 0 saturated heterocycles. The van der Waals surface area contributed by atoms with Crippen molar-refractivity contribution < 1.29 is 18.0 Å². The van der Waals surface area contributed by atoms with Crippen LogP contribution in [0.2, 0.25) is 5.02 Å². The van der Waals surface area contributed by atoms with Gasteiger partial charge in [0.05, 0.1) is 11.3 Å². The van der Waals surface area contributed by atoms with Crippen LogP contribution in [0.5, 0.6) is 0 Å². The van der Waals surface area contributed by atoms with Gasteiger partial charge in [0, 0.05) is 15.8 Å². The van der Waals surface area contributed by atoms with Crippen molar-refractivity contribution in [3.05, 3.63) is 40.9 Å². The first kappa shape index (κ1) is 12.7. The van der Waals surface area contributed by atoms with Crippen LogP contribution >= 0.6 is 11.6 Å². The summed E-state index contributed by atoms with van der Waals surface area (Å²) in [5.74, 6) is -1.99. The first-order chi connectivity index (χ1) is 8.32. The summed E-state index contributed by atoms with van der Waals surface area (Å²) >= 11 is 5.85. The number of fused-ring (bicyclic) bond motifs is 1. The Kier molecular flexibility index (Phi) is 2.94. The molecule has 2 nitrogen and oxygen atoms in total. The van der Waals surface area contributed by atoms with E-state index in [1.54, 1.807) is 18.2 Å². The Labute approximate surface area is 105 Å². The van der Waals surface area contributed by atoms with E-state index in [2.05, 4.69) is 0 Å². The number of anilines is 1. The molecule has 2 aromatic rings. The van der Waals surface area contributed by atoms with Gasteiger partial charge in [0.25, 0.3) is 5.78 Å². The third kappa shape index (κ3) is 2.01. The summed E-state index contributed by atoms with van der Waals surface area (Å²) in [7, 11) is 0. The van der Waals surface area contributed by atoms with Crippen molar-refractivity contribution in [1.82, 2.24) is 0 Å². The summed E-state index contributed by atoms with van der Waals surface area (Å²) in [5.41, 5.74) is 4.78. The number of benzene rings is 2. The fourth-order valence-electron chi connectivity index (χ4n) is 1.69. The molecule has 94 valence electrons. The number of nitrogen functional groups attached to an aromatic ring is 1. The summed E-state index contributed by atoms with van der Waals surface area (Å²) in [5, 5.41) is 0.903. The van der Waals surface area contributed by atoms with Gasteiger partial charge >= 0.3 is 6.18 Å². The van der Waals surface area contributed by atoms with Crippen LogP contribution in [0, 0.1) is 0 Å². The highest BCUT2D eigenvalue weighted by atomic mass is 35.5. The molecule has 0 amide bonds. The van der Waals surface area contributed by atoms with E-state index < -0.39 is 17.5 Å². The standard InChI is InChI=1S/C12H7ClF3NO/c13-9-5-8(11(18)12(14,15)16)10(17)7-4-2-1-3-6(7)9/h1-5H,17H2. The van der Waals surface area contributed by atoms with Crippen LogP contribution in [0.4, 0.5) is 18.9 Å². The van der Waals surface area contributed by atoms with Crippen molar-refractivity contribution in [3.8, 4) is 0 Å². The highest BCUT2D eigenvalue weighted by molar-refractivity contribution is 6.37. The number of nitrogens with two attached hydrogens (primary N) is 1. The zero-order valence-corrected chi connectivity index (χ0v) is 9.64. The molecule has 2 aromatic carbocycles. The van der Waals surface area contributed by atoms with Gasteiger partial charge in [-0.1, -0.05) is 35.9 Å². The molecule has 0 aliphatic carbocycles. The van der Waals surface area contributed by atoms with E-state index in [9.17, 15) is 18.0 Å². The molecule has 0 aliphatic heterocycles. The van der Waals surface area contributed by atoms with Gasteiger partial charge in [-0.05, 0) is 6.07 Å². The Morgan fingerprint density at radius 2 is 1.72 bits per heavy atom. The van der Waals surface area contributed by atoms with E-state index in [-0.39, 0.29) is 10.7 Å². The maximum absolute atomic E-state index is 12.4. The molecule has 18 heavy (non-hydrogen) atoms. The monoisotopic (exact) mass is 273 g/mol. The first-order valence-electron chi connectivity index (χ1n) is 4.90. The normalized spacial score (nSPS) is 11.8. The number of hydrogen-bond acceptors (Lipinski definition) is 2. The molecule has 0 aliphatic rings. The van der Waals surface area contributed by atoms with Crippen LogP contribution in [-0.4, -0.2) is 12.0 Å². The number of Topliss-reactive ketones (excluding diaryl/α,β-unsaturated/α-hetero) is 1. The average Bonchev–Trinajstić information content (AvgIpc) is 2.32. The number of halogens is 4. The van der Waals surface area contributed by atoms with Gasteiger partial charge < -0.3 is 5.73 Å². The lowest BCUT2D eigenvalue weighted by atomic mass is 10.0. The molecule has 0 radical (unpaired) electrons. The highest BCUT2D eigenvalue weighted by Gasteiger charge is 2.40. The first-order valence-corrected chi connectivity index (χ1v) is 5.28. The second-order valence-electron chi connectivity index (χ2n) is 3.69. The van der Waals surface area contributed by atoms with Crippen molar-refractivity contribution in [3.63, 3.8) is 0 Å². The molecule has 0 atom stereocenters. The van der Waals surface area contributed by atoms with Crippen molar-refractivity contribution >= 4 is 33.8 Å². The SMILES string of the molecule is Nc1c(C(=O)C(F)(F)F)cc(Cl)c2ccccc12. The molecule has 0 unspecified atom stereocenters. The van der Waals surface area contributed by atoms with Crippen LogP contribution in [0.15, 0.2) is 30.3 Å². The van der Waals surface area contributed by atoms with E-state index >= 15 is 0 Å². The summed E-state index contributed by atoms with van der Waals surface area (Å²) in [4.78, 5) is 11.2. The third-order valence-corrected chi connectivity index (χ3v) is 2.85. The molecular weight excluding hydrogens is 267 g/mol. The van der Waals surface area contributed by atoms with Gasteiger partial charge in [0.1, 0.15) is 0 Å². The van der Waals surface area contributed by atoms with E-state index in [0.29, 0.717) is 10.8 Å². The smallest absolute Gasteiger partial charge is 0.398 e. The maximum atomic E-state index is 12.4. The van der Waals surface area contributed by atoms with E-state index in [4.69, 9.17) is 17.3 Å². The molecule has 0 spiro atoms. The zero-order valence-electron chi connectivity index (χ0n) is 8.88. The second-order valence-corrected chi connectivity index (χ2v) is 4.10. The van der Waals surface area contributed by atoms with E-state index in [0.717, 1.165) is 6.07 Å². The minimum atomic E-state index is -4.97. The van der Waals surface area contributed by atoms with Crippen molar-refractivity contribution in [2.45, 2.75) is 6.18 Å². The van der Waals surface area contributed by atoms with E-state index in [1.807, 2.05) is 0 Å². The predicted octanol–water partition coefficient (Wildman–Crippen LogP) is 3.82. The number of carbonyl (C=O) groups is 1. The van der Waals surface area contributed by atoms with Crippen LogP contribution in [0.3, 0.4) is 0 Å². The van der Waals surface area contributed by atoms with Crippen LogP contribution in [0.1, 0.15) is 10.4 Å². The quantitative estimate of drug-likeness (QED) is 0.634. The Bertz CT molecular complexity index is 637. The maximum Gasteiger partial charge on any atom is 0.454 e. The molecular formula is C12H7ClF3NO. The lowest BCUT2D eigenvalue weighted by Crippen LogP contribution is -2.23.